The highest BCUT2D eigenvalue weighted by Gasteiger charge is 2.48. The van der Waals surface area contributed by atoms with Crippen molar-refractivity contribution < 1.29 is 56.2 Å². The summed E-state index contributed by atoms with van der Waals surface area (Å²) in [5, 5.41) is 30.6. The third-order valence-electron chi connectivity index (χ3n) is 9.97. The second-order valence-corrected chi connectivity index (χ2v) is 16.3. The molecule has 13 heteroatoms. The van der Waals surface area contributed by atoms with E-state index < -0.39 is 59.8 Å². The summed E-state index contributed by atoms with van der Waals surface area (Å²) in [5.41, 5.74) is 0. The van der Waals surface area contributed by atoms with Gasteiger partial charge in [-0.05, 0) is 51.4 Å². The van der Waals surface area contributed by atoms with Crippen molar-refractivity contribution in [3.8, 4) is 0 Å². The maximum Gasteiger partial charge on any atom is 0.397 e. The van der Waals surface area contributed by atoms with Gasteiger partial charge in [-0.1, -0.05) is 159 Å². The van der Waals surface area contributed by atoms with Gasteiger partial charge in [-0.2, -0.15) is 8.42 Å². The SMILES string of the molecule is CC/C=C\C/C=C\C/C=C\C/C=C\CCCCCCC(=O)OC(COCCCCCCCCCCCCCCCC)COC1OC(CO)C(O)C(OS(=O)(=O)O)C1O. The highest BCUT2D eigenvalue weighted by atomic mass is 32.3. The Hall–Kier alpha value is -1.94. The van der Waals surface area contributed by atoms with Crippen LogP contribution >= 0.6 is 0 Å². The number of aliphatic hydroxyl groups excluding tert-OH is 3. The number of rotatable bonds is 38. The Morgan fingerprint density at radius 2 is 1.19 bits per heavy atom. The normalized spacial score (nSPS) is 21.0. The van der Waals surface area contributed by atoms with Crippen molar-refractivity contribution >= 4 is 16.4 Å². The van der Waals surface area contributed by atoms with E-state index in [2.05, 4.69) is 66.6 Å². The molecule has 58 heavy (non-hydrogen) atoms. The van der Waals surface area contributed by atoms with Gasteiger partial charge in [0.25, 0.3) is 0 Å². The molecule has 1 rings (SSSR count). The molecule has 0 amide bonds. The van der Waals surface area contributed by atoms with E-state index in [0.29, 0.717) is 13.0 Å². The van der Waals surface area contributed by atoms with E-state index in [9.17, 15) is 28.5 Å². The highest BCUT2D eigenvalue weighted by Crippen LogP contribution is 2.26. The summed E-state index contributed by atoms with van der Waals surface area (Å²) in [4.78, 5) is 12.8. The molecule has 6 atom stereocenters. The fourth-order valence-corrected chi connectivity index (χ4v) is 7.11. The Morgan fingerprint density at radius 1 is 0.672 bits per heavy atom. The summed E-state index contributed by atoms with van der Waals surface area (Å²) < 4.78 is 59.0. The maximum absolute atomic E-state index is 12.8. The number of carbonyl (C=O) groups is 1. The minimum atomic E-state index is -5.06. The van der Waals surface area contributed by atoms with Crippen LogP contribution < -0.4 is 0 Å². The lowest BCUT2D eigenvalue weighted by molar-refractivity contribution is -0.301. The second-order valence-electron chi connectivity index (χ2n) is 15.3. The molecule has 4 N–H and O–H groups in total. The predicted octanol–water partition coefficient (Wildman–Crippen LogP) is 9.19. The number of hydrogen-bond donors (Lipinski definition) is 4. The lowest BCUT2D eigenvalue weighted by Gasteiger charge is -2.41. The Kier molecular flexibility index (Phi) is 34.4. The molecule has 0 saturated carbocycles. The molecular weight excluding hydrogens is 765 g/mol. The number of ether oxygens (including phenoxy) is 4. The Balaban J connectivity index is 2.46. The zero-order valence-corrected chi connectivity index (χ0v) is 36.7. The van der Waals surface area contributed by atoms with E-state index in [-0.39, 0.29) is 19.6 Å². The number of carbonyl (C=O) groups excluding carboxylic acids is 1. The molecule has 1 aliphatic heterocycles. The van der Waals surface area contributed by atoms with Gasteiger partial charge in [0.05, 0.1) is 19.8 Å². The van der Waals surface area contributed by atoms with E-state index >= 15 is 0 Å². The highest BCUT2D eigenvalue weighted by molar-refractivity contribution is 7.80. The van der Waals surface area contributed by atoms with Gasteiger partial charge in [-0.15, -0.1) is 0 Å². The van der Waals surface area contributed by atoms with E-state index in [1.165, 1.54) is 70.6 Å². The monoisotopic (exact) mass is 845 g/mol. The quantitative estimate of drug-likeness (QED) is 0.0201. The molecule has 0 radical (unpaired) electrons. The molecule has 6 unspecified atom stereocenters. The van der Waals surface area contributed by atoms with E-state index in [0.717, 1.165) is 70.6 Å². The minimum Gasteiger partial charge on any atom is -0.457 e. The third-order valence-corrected chi connectivity index (χ3v) is 10.4. The molecule has 1 fully saturated rings. The van der Waals surface area contributed by atoms with Crippen LogP contribution in [-0.2, 0) is 38.3 Å². The lowest BCUT2D eigenvalue weighted by atomic mass is 9.99. The standard InChI is InChI=1S/C45H80O12S/c1-3-5-7-9-11-13-15-17-19-20-21-22-24-26-28-30-32-34-41(47)55-39(37-53-35-33-31-29-27-25-23-18-16-14-12-10-8-6-4-2)38-54-45-43(49)44(57-58(50,51)52)42(48)40(36-46)56-45/h5,7,11,13,17,19,21-22,39-40,42-46,48-49H,3-4,6,8-10,12,14-16,18,20,23-38H2,1-2H3,(H,50,51,52)/b7-5-,13-11-,19-17-,22-21-. The van der Waals surface area contributed by atoms with Crippen LogP contribution in [0.2, 0.25) is 0 Å². The minimum absolute atomic E-state index is 0.0267. The van der Waals surface area contributed by atoms with Crippen LogP contribution in [0.5, 0.6) is 0 Å². The van der Waals surface area contributed by atoms with Crippen LogP contribution in [0.1, 0.15) is 168 Å². The topological polar surface area (TPSA) is 178 Å². The van der Waals surface area contributed by atoms with Crippen LogP contribution in [0.4, 0.5) is 0 Å². The molecule has 0 aromatic heterocycles. The van der Waals surface area contributed by atoms with Crippen molar-refractivity contribution in [1.82, 2.24) is 0 Å². The molecule has 0 aliphatic carbocycles. The molecule has 1 aliphatic rings. The first kappa shape index (κ1) is 54.1. The fraction of sp³-hybridized carbons (Fsp3) is 0.800. The molecule has 1 saturated heterocycles. The third kappa shape index (κ3) is 30.1. The zero-order chi connectivity index (χ0) is 42.5. The summed E-state index contributed by atoms with van der Waals surface area (Å²) >= 11 is 0. The van der Waals surface area contributed by atoms with E-state index in [4.69, 9.17) is 23.5 Å². The van der Waals surface area contributed by atoms with E-state index in [1.54, 1.807) is 0 Å². The molecule has 0 bridgehead atoms. The Morgan fingerprint density at radius 3 is 1.74 bits per heavy atom. The summed E-state index contributed by atoms with van der Waals surface area (Å²) in [5.74, 6) is -0.422. The average molecular weight is 845 g/mol. The van der Waals surface area contributed by atoms with Crippen molar-refractivity contribution in [2.75, 3.05) is 26.4 Å². The van der Waals surface area contributed by atoms with Crippen LogP contribution in [0.15, 0.2) is 48.6 Å². The van der Waals surface area contributed by atoms with Crippen LogP contribution in [-0.4, -0.2) is 97.5 Å². The zero-order valence-electron chi connectivity index (χ0n) is 35.8. The van der Waals surface area contributed by atoms with Crippen molar-refractivity contribution in [1.29, 1.82) is 0 Å². The van der Waals surface area contributed by atoms with Crippen LogP contribution in [0, 0.1) is 0 Å². The van der Waals surface area contributed by atoms with Crippen molar-refractivity contribution in [2.45, 2.75) is 205 Å². The first-order chi connectivity index (χ1) is 28.1. The van der Waals surface area contributed by atoms with Gasteiger partial charge in [-0.3, -0.25) is 9.35 Å². The largest absolute Gasteiger partial charge is 0.457 e. The van der Waals surface area contributed by atoms with Gasteiger partial charge < -0.3 is 34.3 Å². The second kappa shape index (κ2) is 36.9. The van der Waals surface area contributed by atoms with Crippen molar-refractivity contribution in [3.63, 3.8) is 0 Å². The van der Waals surface area contributed by atoms with Crippen molar-refractivity contribution in [2.24, 2.45) is 0 Å². The fourth-order valence-electron chi connectivity index (χ4n) is 6.60. The van der Waals surface area contributed by atoms with Gasteiger partial charge >= 0.3 is 16.4 Å². The summed E-state index contributed by atoms with van der Waals surface area (Å²) in [6.45, 7) is 3.84. The van der Waals surface area contributed by atoms with Gasteiger partial charge in [0, 0.05) is 13.0 Å². The first-order valence-corrected chi connectivity index (χ1v) is 23.8. The van der Waals surface area contributed by atoms with Gasteiger partial charge in [0.15, 0.2) is 6.29 Å². The van der Waals surface area contributed by atoms with E-state index in [1.807, 2.05) is 0 Å². The lowest BCUT2D eigenvalue weighted by Crippen LogP contribution is -2.60. The Bertz CT molecular complexity index is 1200. The van der Waals surface area contributed by atoms with Gasteiger partial charge in [0.1, 0.15) is 30.5 Å². The molecule has 0 aromatic rings. The first-order valence-electron chi connectivity index (χ1n) is 22.4. The summed E-state index contributed by atoms with van der Waals surface area (Å²) in [6, 6.07) is 0. The summed E-state index contributed by atoms with van der Waals surface area (Å²) in [6.07, 6.45) is 34.3. The molecule has 0 aromatic carbocycles. The molecule has 0 spiro atoms. The molecule has 1 heterocycles. The Labute approximate surface area is 351 Å². The van der Waals surface area contributed by atoms with Crippen LogP contribution in [0.25, 0.3) is 0 Å². The average Bonchev–Trinajstić information content (AvgIpc) is 3.19. The number of esters is 1. The smallest absolute Gasteiger partial charge is 0.397 e. The van der Waals surface area contributed by atoms with Gasteiger partial charge in [-0.25, -0.2) is 4.18 Å². The van der Waals surface area contributed by atoms with Crippen LogP contribution in [0.3, 0.4) is 0 Å². The molecular formula is C45H80O12S. The summed E-state index contributed by atoms with van der Waals surface area (Å²) in [7, 11) is -5.06. The van der Waals surface area contributed by atoms with Gasteiger partial charge in [0.2, 0.25) is 0 Å². The number of unbranched alkanes of at least 4 members (excludes halogenated alkanes) is 17. The number of aliphatic hydroxyl groups is 3. The van der Waals surface area contributed by atoms with Crippen molar-refractivity contribution in [3.05, 3.63) is 48.6 Å². The number of hydrogen-bond acceptors (Lipinski definition) is 11. The molecule has 338 valence electrons. The maximum atomic E-state index is 12.8. The molecule has 12 nitrogen and oxygen atoms in total. The predicted molar refractivity (Wildman–Crippen MR) is 230 cm³/mol. The number of allylic oxidation sites excluding steroid dienone is 8.